The van der Waals surface area contributed by atoms with E-state index in [2.05, 4.69) is 10.6 Å². The minimum atomic E-state index is -0.682. The Kier molecular flexibility index (Phi) is 4.47. The van der Waals surface area contributed by atoms with E-state index < -0.39 is 17.5 Å². The van der Waals surface area contributed by atoms with Crippen LogP contribution in [0.25, 0.3) is 0 Å². The number of benzene rings is 1. The van der Waals surface area contributed by atoms with Crippen molar-refractivity contribution in [2.75, 3.05) is 11.9 Å². The molecule has 0 fully saturated rings. The van der Waals surface area contributed by atoms with E-state index in [9.17, 15) is 13.6 Å². The number of halogens is 2. The van der Waals surface area contributed by atoms with E-state index in [0.717, 1.165) is 18.2 Å². The van der Waals surface area contributed by atoms with Crippen molar-refractivity contribution in [2.45, 2.75) is 13.0 Å². The van der Waals surface area contributed by atoms with Gasteiger partial charge in [0.25, 0.3) is 0 Å². The lowest BCUT2D eigenvalue weighted by Crippen LogP contribution is -2.30. The lowest BCUT2D eigenvalue weighted by atomic mass is 10.2. The molecule has 1 aromatic carbocycles. The van der Waals surface area contributed by atoms with Crippen molar-refractivity contribution in [3.05, 3.63) is 54.0 Å². The van der Waals surface area contributed by atoms with Crippen molar-refractivity contribution in [1.82, 2.24) is 5.32 Å². The molecule has 0 aliphatic heterocycles. The number of hydrogen-bond acceptors (Lipinski definition) is 3. The molecule has 1 aromatic heterocycles. The number of amides is 1. The summed E-state index contributed by atoms with van der Waals surface area (Å²) in [7, 11) is 0. The second kappa shape index (κ2) is 6.29. The number of furan rings is 1. The summed E-state index contributed by atoms with van der Waals surface area (Å²) < 4.78 is 31.5. The Morgan fingerprint density at radius 3 is 2.85 bits per heavy atom. The number of hydrogen-bond donors (Lipinski definition) is 2. The summed E-state index contributed by atoms with van der Waals surface area (Å²) in [6, 6.07) is 6.25. The molecule has 1 atom stereocenters. The van der Waals surface area contributed by atoms with Crippen molar-refractivity contribution in [3.8, 4) is 0 Å². The molecule has 4 nitrogen and oxygen atoms in total. The number of nitrogens with one attached hydrogen (secondary N) is 2. The fourth-order valence-corrected chi connectivity index (χ4v) is 1.67. The predicted molar refractivity (Wildman–Crippen MR) is 70.1 cm³/mol. The minimum absolute atomic E-state index is 0.0438. The summed E-state index contributed by atoms with van der Waals surface area (Å²) in [6.45, 7) is 1.78. The van der Waals surface area contributed by atoms with Crippen LogP contribution in [0.1, 0.15) is 18.7 Å². The van der Waals surface area contributed by atoms with Crippen LogP contribution in [0.3, 0.4) is 0 Å². The summed E-state index contributed by atoms with van der Waals surface area (Å²) >= 11 is 0. The molecule has 0 spiro atoms. The molecule has 0 radical (unpaired) electrons. The molecule has 0 bridgehead atoms. The lowest BCUT2D eigenvalue weighted by Gasteiger charge is -2.11. The van der Waals surface area contributed by atoms with Gasteiger partial charge in [-0.1, -0.05) is 0 Å². The summed E-state index contributed by atoms with van der Waals surface area (Å²) in [5.74, 6) is -1.07. The van der Waals surface area contributed by atoms with E-state index in [1.54, 1.807) is 12.1 Å². The SMILES string of the molecule is C[C@H](NCC(=O)Nc1cc(F)ccc1F)c1ccco1. The number of rotatable bonds is 5. The van der Waals surface area contributed by atoms with Crippen molar-refractivity contribution in [3.63, 3.8) is 0 Å². The highest BCUT2D eigenvalue weighted by molar-refractivity contribution is 5.92. The van der Waals surface area contributed by atoms with Gasteiger partial charge in [-0.2, -0.15) is 0 Å². The molecule has 1 heterocycles. The fourth-order valence-electron chi connectivity index (χ4n) is 1.67. The van der Waals surface area contributed by atoms with Crippen LogP contribution in [0.2, 0.25) is 0 Å². The lowest BCUT2D eigenvalue weighted by molar-refractivity contribution is -0.115. The summed E-state index contributed by atoms with van der Waals surface area (Å²) in [6.07, 6.45) is 1.54. The summed E-state index contributed by atoms with van der Waals surface area (Å²) in [5, 5.41) is 5.22. The van der Waals surface area contributed by atoms with Crippen LogP contribution >= 0.6 is 0 Å². The second-order valence-corrected chi connectivity index (χ2v) is 4.29. The molecule has 0 aliphatic carbocycles. The molecule has 106 valence electrons. The molecule has 0 saturated carbocycles. The van der Waals surface area contributed by atoms with Crippen molar-refractivity contribution in [1.29, 1.82) is 0 Å². The molecular weight excluding hydrogens is 266 g/mol. The highest BCUT2D eigenvalue weighted by Crippen LogP contribution is 2.15. The first-order valence-electron chi connectivity index (χ1n) is 6.08. The maximum atomic E-state index is 13.3. The van der Waals surface area contributed by atoms with Crippen LogP contribution in [-0.4, -0.2) is 12.5 Å². The van der Waals surface area contributed by atoms with Gasteiger partial charge in [0, 0.05) is 6.07 Å². The summed E-state index contributed by atoms with van der Waals surface area (Å²) in [4.78, 5) is 11.7. The molecule has 1 amide bonds. The average molecular weight is 280 g/mol. The van der Waals surface area contributed by atoms with E-state index in [-0.39, 0.29) is 18.3 Å². The zero-order chi connectivity index (χ0) is 14.5. The highest BCUT2D eigenvalue weighted by Gasteiger charge is 2.11. The van der Waals surface area contributed by atoms with E-state index in [1.807, 2.05) is 6.92 Å². The van der Waals surface area contributed by atoms with Gasteiger partial charge in [0.05, 0.1) is 24.5 Å². The van der Waals surface area contributed by atoms with Crippen LogP contribution in [0.4, 0.5) is 14.5 Å². The van der Waals surface area contributed by atoms with Crippen LogP contribution in [-0.2, 0) is 4.79 Å². The smallest absolute Gasteiger partial charge is 0.238 e. The topological polar surface area (TPSA) is 54.3 Å². The van der Waals surface area contributed by atoms with Crippen molar-refractivity contribution in [2.24, 2.45) is 0 Å². The molecular formula is C14H14F2N2O2. The zero-order valence-electron chi connectivity index (χ0n) is 10.8. The van der Waals surface area contributed by atoms with E-state index in [4.69, 9.17) is 4.42 Å². The van der Waals surface area contributed by atoms with Gasteiger partial charge in [-0.15, -0.1) is 0 Å². The van der Waals surface area contributed by atoms with E-state index in [1.165, 1.54) is 6.26 Å². The Balaban J connectivity index is 1.88. The van der Waals surface area contributed by atoms with Crippen LogP contribution in [0.5, 0.6) is 0 Å². The van der Waals surface area contributed by atoms with Crippen molar-refractivity contribution < 1.29 is 18.0 Å². The first kappa shape index (κ1) is 14.2. The predicted octanol–water partition coefficient (Wildman–Crippen LogP) is 2.85. The van der Waals surface area contributed by atoms with Gasteiger partial charge < -0.3 is 9.73 Å². The average Bonchev–Trinajstić information content (AvgIpc) is 2.94. The first-order chi connectivity index (χ1) is 9.56. The third-order valence-electron chi connectivity index (χ3n) is 2.74. The van der Waals surface area contributed by atoms with Crippen LogP contribution < -0.4 is 10.6 Å². The molecule has 20 heavy (non-hydrogen) atoms. The fraction of sp³-hybridized carbons (Fsp3) is 0.214. The number of anilines is 1. The quantitative estimate of drug-likeness (QED) is 0.885. The molecule has 2 aromatic rings. The Bertz CT molecular complexity index is 585. The van der Waals surface area contributed by atoms with Crippen LogP contribution in [0.15, 0.2) is 41.0 Å². The number of carbonyl (C=O) groups excluding carboxylic acids is 1. The van der Waals surface area contributed by atoms with E-state index >= 15 is 0 Å². The third-order valence-corrected chi connectivity index (χ3v) is 2.74. The molecule has 2 rings (SSSR count). The molecule has 0 aliphatic rings. The first-order valence-corrected chi connectivity index (χ1v) is 6.08. The second-order valence-electron chi connectivity index (χ2n) is 4.29. The third kappa shape index (κ3) is 3.64. The Morgan fingerprint density at radius 2 is 2.15 bits per heavy atom. The maximum absolute atomic E-state index is 13.3. The Morgan fingerprint density at radius 1 is 1.35 bits per heavy atom. The largest absolute Gasteiger partial charge is 0.468 e. The van der Waals surface area contributed by atoms with Gasteiger partial charge in [0.1, 0.15) is 17.4 Å². The maximum Gasteiger partial charge on any atom is 0.238 e. The minimum Gasteiger partial charge on any atom is -0.468 e. The van der Waals surface area contributed by atoms with Gasteiger partial charge in [-0.05, 0) is 31.2 Å². The Hall–Kier alpha value is -2.21. The standard InChI is InChI=1S/C14H14F2N2O2/c1-9(13-3-2-6-20-13)17-8-14(19)18-12-7-10(15)4-5-11(12)16/h2-7,9,17H,8H2,1H3,(H,18,19)/t9-/m0/s1. The summed E-state index contributed by atoms with van der Waals surface area (Å²) in [5.41, 5.74) is -0.178. The van der Waals surface area contributed by atoms with Gasteiger partial charge in [0.2, 0.25) is 5.91 Å². The van der Waals surface area contributed by atoms with Crippen LogP contribution in [0, 0.1) is 11.6 Å². The normalized spacial score (nSPS) is 12.2. The van der Waals surface area contributed by atoms with Gasteiger partial charge >= 0.3 is 0 Å². The van der Waals surface area contributed by atoms with Gasteiger partial charge in [-0.3, -0.25) is 10.1 Å². The van der Waals surface area contributed by atoms with Gasteiger partial charge in [-0.25, -0.2) is 8.78 Å². The molecule has 0 saturated heterocycles. The molecule has 2 N–H and O–H groups in total. The Labute approximate surface area is 114 Å². The van der Waals surface area contributed by atoms with Crippen molar-refractivity contribution >= 4 is 11.6 Å². The number of carbonyl (C=O) groups is 1. The van der Waals surface area contributed by atoms with E-state index in [0.29, 0.717) is 5.76 Å². The highest BCUT2D eigenvalue weighted by atomic mass is 19.1. The van der Waals surface area contributed by atoms with Gasteiger partial charge in [0.15, 0.2) is 0 Å². The zero-order valence-corrected chi connectivity index (χ0v) is 10.8. The molecule has 0 unspecified atom stereocenters. The molecule has 6 heteroatoms. The monoisotopic (exact) mass is 280 g/mol.